The molecule has 0 aromatic carbocycles. The van der Waals surface area contributed by atoms with Crippen LogP contribution in [0.25, 0.3) is 0 Å². The van der Waals surface area contributed by atoms with Crippen LogP contribution in [0.4, 0.5) is 16.2 Å². The summed E-state index contributed by atoms with van der Waals surface area (Å²) in [7, 11) is 1.55. The molecule has 0 saturated carbocycles. The highest BCUT2D eigenvalue weighted by Gasteiger charge is 2.24. The fourth-order valence-corrected chi connectivity index (χ4v) is 2.24. The molecule has 1 saturated heterocycles. The standard InChI is InChI=1S/C12H18N4O3/c1-18-11-5-10(9(13)6-15-11)16-4-2-3-8(7-16)19-12(14)17/h5-6,8H,2-4,7,13H2,1H3,(H2,14,17). The normalized spacial score (nSPS) is 19.0. The minimum Gasteiger partial charge on any atom is -0.481 e. The van der Waals surface area contributed by atoms with E-state index in [0.717, 1.165) is 25.1 Å². The van der Waals surface area contributed by atoms with E-state index in [1.807, 2.05) is 0 Å². The van der Waals surface area contributed by atoms with Crippen LogP contribution in [0.2, 0.25) is 0 Å². The Morgan fingerprint density at radius 2 is 2.37 bits per heavy atom. The monoisotopic (exact) mass is 266 g/mol. The van der Waals surface area contributed by atoms with Gasteiger partial charge in [-0.1, -0.05) is 0 Å². The molecule has 0 spiro atoms. The molecule has 19 heavy (non-hydrogen) atoms. The van der Waals surface area contributed by atoms with E-state index < -0.39 is 6.09 Å². The van der Waals surface area contributed by atoms with Gasteiger partial charge in [0.05, 0.1) is 31.2 Å². The number of methoxy groups -OCH3 is 1. The molecule has 7 nitrogen and oxygen atoms in total. The van der Waals surface area contributed by atoms with Gasteiger partial charge in [-0.25, -0.2) is 9.78 Å². The summed E-state index contributed by atoms with van der Waals surface area (Å²) in [6.45, 7) is 1.41. The molecule has 2 heterocycles. The number of hydrogen-bond donors (Lipinski definition) is 2. The average Bonchev–Trinajstić information content (AvgIpc) is 2.39. The number of piperidine rings is 1. The second kappa shape index (κ2) is 5.64. The molecule has 7 heteroatoms. The third kappa shape index (κ3) is 3.18. The molecular weight excluding hydrogens is 248 g/mol. The van der Waals surface area contributed by atoms with E-state index in [-0.39, 0.29) is 6.10 Å². The van der Waals surface area contributed by atoms with Crippen LogP contribution in [-0.2, 0) is 4.74 Å². The van der Waals surface area contributed by atoms with E-state index in [1.54, 1.807) is 19.4 Å². The topological polar surface area (TPSA) is 104 Å². The molecule has 0 aliphatic carbocycles. The van der Waals surface area contributed by atoms with Crippen molar-refractivity contribution in [3.05, 3.63) is 12.3 Å². The SMILES string of the molecule is COc1cc(N2CCCC(OC(N)=O)C2)c(N)cn1. The number of nitrogen functional groups attached to an aromatic ring is 1. The van der Waals surface area contributed by atoms with Crippen LogP contribution in [0.15, 0.2) is 12.3 Å². The first-order chi connectivity index (χ1) is 9.10. The van der Waals surface area contributed by atoms with Crippen LogP contribution in [0.1, 0.15) is 12.8 Å². The van der Waals surface area contributed by atoms with Gasteiger partial charge in [0, 0.05) is 12.6 Å². The number of nitrogens with two attached hydrogens (primary N) is 2. The number of primary amides is 1. The van der Waals surface area contributed by atoms with Crippen molar-refractivity contribution in [3.8, 4) is 5.88 Å². The van der Waals surface area contributed by atoms with E-state index in [1.165, 1.54) is 0 Å². The van der Waals surface area contributed by atoms with Crippen LogP contribution in [0, 0.1) is 0 Å². The number of carbonyl (C=O) groups is 1. The first-order valence-corrected chi connectivity index (χ1v) is 6.10. The average molecular weight is 266 g/mol. The predicted octanol–water partition coefficient (Wildman–Crippen LogP) is 0.736. The highest BCUT2D eigenvalue weighted by atomic mass is 16.6. The van der Waals surface area contributed by atoms with E-state index in [0.29, 0.717) is 18.1 Å². The molecule has 104 valence electrons. The van der Waals surface area contributed by atoms with Gasteiger partial charge in [-0.05, 0) is 12.8 Å². The van der Waals surface area contributed by atoms with Gasteiger partial charge in [-0.2, -0.15) is 0 Å². The smallest absolute Gasteiger partial charge is 0.404 e. The Balaban J connectivity index is 2.14. The first kappa shape index (κ1) is 13.3. The van der Waals surface area contributed by atoms with Crippen LogP contribution < -0.4 is 21.1 Å². The van der Waals surface area contributed by atoms with Crippen LogP contribution in [0.3, 0.4) is 0 Å². The molecule has 1 atom stereocenters. The zero-order valence-corrected chi connectivity index (χ0v) is 10.8. The van der Waals surface area contributed by atoms with Gasteiger partial charge in [0.1, 0.15) is 6.10 Å². The maximum Gasteiger partial charge on any atom is 0.404 e. The molecule has 1 aromatic rings. The van der Waals surface area contributed by atoms with Crippen molar-refractivity contribution in [2.45, 2.75) is 18.9 Å². The zero-order valence-electron chi connectivity index (χ0n) is 10.8. The summed E-state index contributed by atoms with van der Waals surface area (Å²) < 4.78 is 10.1. The van der Waals surface area contributed by atoms with E-state index >= 15 is 0 Å². The fraction of sp³-hybridized carbons (Fsp3) is 0.500. The van der Waals surface area contributed by atoms with Crippen molar-refractivity contribution in [2.75, 3.05) is 30.8 Å². The minimum atomic E-state index is -0.743. The van der Waals surface area contributed by atoms with Crippen molar-refractivity contribution in [3.63, 3.8) is 0 Å². The van der Waals surface area contributed by atoms with Gasteiger partial charge in [-0.15, -0.1) is 0 Å². The lowest BCUT2D eigenvalue weighted by Gasteiger charge is -2.34. The van der Waals surface area contributed by atoms with Crippen LogP contribution in [0.5, 0.6) is 5.88 Å². The van der Waals surface area contributed by atoms with Gasteiger partial charge in [0.15, 0.2) is 0 Å². The van der Waals surface area contributed by atoms with Crippen molar-refractivity contribution in [1.29, 1.82) is 0 Å². The van der Waals surface area contributed by atoms with Crippen molar-refractivity contribution in [1.82, 2.24) is 4.98 Å². The molecule has 2 rings (SSSR count). The second-order valence-electron chi connectivity index (χ2n) is 4.43. The van der Waals surface area contributed by atoms with Gasteiger partial charge in [0.2, 0.25) is 5.88 Å². The Kier molecular flexibility index (Phi) is 3.94. The van der Waals surface area contributed by atoms with Crippen LogP contribution >= 0.6 is 0 Å². The van der Waals surface area contributed by atoms with Crippen molar-refractivity contribution in [2.24, 2.45) is 5.73 Å². The van der Waals surface area contributed by atoms with E-state index in [4.69, 9.17) is 20.9 Å². The largest absolute Gasteiger partial charge is 0.481 e. The Morgan fingerprint density at radius 1 is 1.58 bits per heavy atom. The molecule has 1 aromatic heterocycles. The summed E-state index contributed by atoms with van der Waals surface area (Å²) in [6.07, 6.45) is 2.33. The Bertz CT molecular complexity index is 466. The molecule has 0 radical (unpaired) electrons. The summed E-state index contributed by atoms with van der Waals surface area (Å²) in [5.41, 5.74) is 12.4. The highest BCUT2D eigenvalue weighted by molar-refractivity contribution is 5.68. The Morgan fingerprint density at radius 3 is 3.05 bits per heavy atom. The summed E-state index contributed by atoms with van der Waals surface area (Å²) >= 11 is 0. The van der Waals surface area contributed by atoms with E-state index in [9.17, 15) is 4.79 Å². The lowest BCUT2D eigenvalue weighted by molar-refractivity contribution is 0.0966. The fourth-order valence-electron chi connectivity index (χ4n) is 2.24. The summed E-state index contributed by atoms with van der Waals surface area (Å²) in [5.74, 6) is 0.502. The molecular formula is C12H18N4O3. The quantitative estimate of drug-likeness (QED) is 0.836. The Hall–Kier alpha value is -2.18. The second-order valence-corrected chi connectivity index (χ2v) is 4.43. The third-order valence-corrected chi connectivity index (χ3v) is 3.10. The van der Waals surface area contributed by atoms with Crippen molar-refractivity contribution < 1.29 is 14.3 Å². The number of hydrogen-bond acceptors (Lipinski definition) is 6. The molecule has 1 aliphatic heterocycles. The minimum absolute atomic E-state index is 0.204. The number of amides is 1. The number of aromatic nitrogens is 1. The molecule has 4 N–H and O–H groups in total. The maximum absolute atomic E-state index is 10.8. The number of pyridine rings is 1. The number of carbonyl (C=O) groups excluding carboxylic acids is 1. The number of rotatable bonds is 3. The highest BCUT2D eigenvalue weighted by Crippen LogP contribution is 2.29. The predicted molar refractivity (Wildman–Crippen MR) is 71.1 cm³/mol. The van der Waals surface area contributed by atoms with Crippen molar-refractivity contribution >= 4 is 17.5 Å². The number of nitrogens with zero attached hydrogens (tertiary/aromatic N) is 2. The number of anilines is 2. The Labute approximate surface area is 111 Å². The van der Waals surface area contributed by atoms with Gasteiger partial charge in [-0.3, -0.25) is 0 Å². The lowest BCUT2D eigenvalue weighted by atomic mass is 10.1. The van der Waals surface area contributed by atoms with Gasteiger partial charge < -0.3 is 25.8 Å². The summed E-state index contributed by atoms with van der Waals surface area (Å²) in [6, 6.07) is 1.78. The first-order valence-electron chi connectivity index (χ1n) is 6.10. The molecule has 1 amide bonds. The van der Waals surface area contributed by atoms with Gasteiger partial charge >= 0.3 is 6.09 Å². The third-order valence-electron chi connectivity index (χ3n) is 3.10. The van der Waals surface area contributed by atoms with Gasteiger partial charge in [0.25, 0.3) is 0 Å². The maximum atomic E-state index is 10.8. The zero-order chi connectivity index (χ0) is 13.8. The number of ether oxygens (including phenoxy) is 2. The van der Waals surface area contributed by atoms with Crippen LogP contribution in [-0.4, -0.2) is 37.4 Å². The summed E-state index contributed by atoms with van der Waals surface area (Å²) in [4.78, 5) is 16.9. The molecule has 1 aliphatic rings. The van der Waals surface area contributed by atoms with E-state index in [2.05, 4.69) is 9.88 Å². The lowest BCUT2D eigenvalue weighted by Crippen LogP contribution is -2.41. The molecule has 1 unspecified atom stereocenters. The molecule has 1 fully saturated rings. The molecule has 0 bridgehead atoms. The summed E-state index contributed by atoms with van der Waals surface area (Å²) in [5, 5.41) is 0.